The van der Waals surface area contributed by atoms with Crippen LogP contribution in [-0.2, 0) is 16.1 Å². The fraction of sp³-hybridized carbons (Fsp3) is 0.389. The maximum absolute atomic E-state index is 12.7. The highest BCUT2D eigenvalue weighted by Crippen LogP contribution is 2.12. The second-order valence-electron chi connectivity index (χ2n) is 6.12. The fourth-order valence-electron chi connectivity index (χ4n) is 2.75. The number of rotatable bonds is 7. The van der Waals surface area contributed by atoms with E-state index in [1.807, 2.05) is 38.2 Å². The number of ether oxygens (including phenoxy) is 1. The Morgan fingerprint density at radius 2 is 2.08 bits per heavy atom. The molecule has 0 atom stereocenters. The summed E-state index contributed by atoms with van der Waals surface area (Å²) in [7, 11) is 0. The molecule has 3 aromatic heterocycles. The molecule has 25 heavy (non-hydrogen) atoms. The minimum absolute atomic E-state index is 0.0565. The van der Waals surface area contributed by atoms with Gasteiger partial charge in [0.2, 0.25) is 5.91 Å². The lowest BCUT2D eigenvalue weighted by atomic mass is 10.3. The molecule has 3 rings (SSSR count). The van der Waals surface area contributed by atoms with Crippen LogP contribution >= 0.6 is 0 Å². The maximum atomic E-state index is 12.7. The number of carbonyl (C=O) groups is 1. The molecule has 0 bridgehead atoms. The average Bonchev–Trinajstić information content (AvgIpc) is 3.08. The van der Waals surface area contributed by atoms with Crippen molar-refractivity contribution in [2.75, 3.05) is 13.2 Å². The molecule has 0 aliphatic carbocycles. The molecule has 3 aromatic rings. The molecule has 0 fully saturated rings. The molecular formula is C18H22N4O3. The van der Waals surface area contributed by atoms with Crippen LogP contribution in [-0.4, -0.2) is 39.1 Å². The summed E-state index contributed by atoms with van der Waals surface area (Å²) in [4.78, 5) is 29.2. The van der Waals surface area contributed by atoms with Crippen LogP contribution < -0.4 is 10.9 Å². The van der Waals surface area contributed by atoms with E-state index in [0.29, 0.717) is 24.3 Å². The number of nitrogens with one attached hydrogen (secondary N) is 1. The Bertz CT molecular complexity index is 942. The zero-order chi connectivity index (χ0) is 17.8. The van der Waals surface area contributed by atoms with Crippen molar-refractivity contribution in [1.29, 1.82) is 0 Å². The lowest BCUT2D eigenvalue weighted by Gasteiger charge is -2.12. The van der Waals surface area contributed by atoms with E-state index in [1.54, 1.807) is 16.7 Å². The van der Waals surface area contributed by atoms with Crippen LogP contribution in [0, 0.1) is 0 Å². The van der Waals surface area contributed by atoms with Crippen LogP contribution in [0.5, 0.6) is 0 Å². The predicted octanol–water partition coefficient (Wildman–Crippen LogP) is 1.58. The van der Waals surface area contributed by atoms with Crippen molar-refractivity contribution >= 4 is 22.6 Å². The molecule has 0 aliphatic heterocycles. The quantitative estimate of drug-likeness (QED) is 0.661. The lowest BCUT2D eigenvalue weighted by Crippen LogP contribution is -2.34. The molecule has 7 heteroatoms. The molecule has 0 aliphatic rings. The number of carbonyl (C=O) groups excluding carboxylic acids is 1. The van der Waals surface area contributed by atoms with E-state index in [0.717, 1.165) is 11.9 Å². The van der Waals surface area contributed by atoms with Crippen LogP contribution in [0.4, 0.5) is 0 Å². The van der Waals surface area contributed by atoms with E-state index < -0.39 is 0 Å². The van der Waals surface area contributed by atoms with Gasteiger partial charge >= 0.3 is 0 Å². The Labute approximate surface area is 145 Å². The highest BCUT2D eigenvalue weighted by Gasteiger charge is 2.13. The Morgan fingerprint density at radius 3 is 2.88 bits per heavy atom. The molecule has 0 radical (unpaired) electrons. The van der Waals surface area contributed by atoms with Crippen molar-refractivity contribution in [2.24, 2.45) is 0 Å². The third-order valence-electron chi connectivity index (χ3n) is 3.89. The largest absolute Gasteiger partial charge is 0.379 e. The summed E-state index contributed by atoms with van der Waals surface area (Å²) in [5, 5.41) is 2.83. The van der Waals surface area contributed by atoms with Crippen LogP contribution in [0.2, 0.25) is 0 Å². The minimum Gasteiger partial charge on any atom is -0.379 e. The monoisotopic (exact) mass is 342 g/mol. The van der Waals surface area contributed by atoms with Crippen LogP contribution in [0.1, 0.15) is 20.3 Å². The van der Waals surface area contributed by atoms with Gasteiger partial charge in [0, 0.05) is 25.5 Å². The van der Waals surface area contributed by atoms with Crippen LogP contribution in [0.3, 0.4) is 0 Å². The van der Waals surface area contributed by atoms with Crippen molar-refractivity contribution in [3.63, 3.8) is 0 Å². The zero-order valence-electron chi connectivity index (χ0n) is 14.4. The van der Waals surface area contributed by atoms with Crippen molar-refractivity contribution < 1.29 is 9.53 Å². The van der Waals surface area contributed by atoms with Gasteiger partial charge in [0.1, 0.15) is 12.1 Å². The fourth-order valence-corrected chi connectivity index (χ4v) is 2.75. The molecule has 0 saturated carbocycles. The summed E-state index contributed by atoms with van der Waals surface area (Å²) < 4.78 is 8.65. The number of hydrogen-bond donors (Lipinski definition) is 1. The molecule has 3 heterocycles. The predicted molar refractivity (Wildman–Crippen MR) is 95.7 cm³/mol. The number of amides is 1. The molecule has 0 aromatic carbocycles. The first-order valence-electron chi connectivity index (χ1n) is 8.41. The van der Waals surface area contributed by atoms with Gasteiger partial charge in [-0.1, -0.05) is 0 Å². The molecule has 0 spiro atoms. The van der Waals surface area contributed by atoms with Crippen molar-refractivity contribution in [2.45, 2.75) is 32.9 Å². The molecular weight excluding hydrogens is 320 g/mol. The first kappa shape index (κ1) is 17.2. The Kier molecular flexibility index (Phi) is 5.14. The Morgan fingerprint density at radius 1 is 1.28 bits per heavy atom. The maximum Gasteiger partial charge on any atom is 0.276 e. The van der Waals surface area contributed by atoms with Crippen molar-refractivity contribution in [1.82, 2.24) is 19.3 Å². The summed E-state index contributed by atoms with van der Waals surface area (Å²) in [6.45, 7) is 5.00. The SMILES string of the molecule is CC(C)OCCCNC(=O)Cn1c(=O)c2cccn2c2cccnc21. The summed E-state index contributed by atoms with van der Waals surface area (Å²) in [5.41, 5.74) is 1.59. The zero-order valence-corrected chi connectivity index (χ0v) is 14.4. The molecule has 1 amide bonds. The summed E-state index contributed by atoms with van der Waals surface area (Å²) in [5.74, 6) is -0.213. The second kappa shape index (κ2) is 7.48. The summed E-state index contributed by atoms with van der Waals surface area (Å²) >= 11 is 0. The first-order valence-corrected chi connectivity index (χ1v) is 8.41. The lowest BCUT2D eigenvalue weighted by molar-refractivity contribution is -0.121. The van der Waals surface area contributed by atoms with Gasteiger partial charge in [-0.25, -0.2) is 4.98 Å². The summed E-state index contributed by atoms with van der Waals surface area (Å²) in [6.07, 6.45) is 4.35. The van der Waals surface area contributed by atoms with Gasteiger partial charge < -0.3 is 14.5 Å². The molecule has 7 nitrogen and oxygen atoms in total. The average molecular weight is 342 g/mol. The van der Waals surface area contributed by atoms with Gasteiger partial charge in [-0.05, 0) is 44.5 Å². The number of aromatic nitrogens is 3. The van der Waals surface area contributed by atoms with E-state index >= 15 is 0 Å². The number of fused-ring (bicyclic) bond motifs is 3. The minimum atomic E-state index is -0.227. The Hall–Kier alpha value is -2.67. The van der Waals surface area contributed by atoms with Crippen LogP contribution in [0.25, 0.3) is 16.7 Å². The van der Waals surface area contributed by atoms with E-state index in [-0.39, 0.29) is 24.1 Å². The van der Waals surface area contributed by atoms with Crippen molar-refractivity contribution in [3.8, 4) is 0 Å². The number of nitrogens with zero attached hydrogens (tertiary/aromatic N) is 3. The standard InChI is InChI=1S/C18H22N4O3/c1-13(2)25-11-5-9-19-16(23)12-22-17-14(6-3-8-20-17)21-10-4-7-15(21)18(22)24/h3-4,6-8,10,13H,5,9,11-12H2,1-2H3,(H,19,23). The van der Waals surface area contributed by atoms with Gasteiger partial charge in [0.15, 0.2) is 5.65 Å². The smallest absolute Gasteiger partial charge is 0.276 e. The third kappa shape index (κ3) is 3.71. The molecule has 1 N–H and O–H groups in total. The highest BCUT2D eigenvalue weighted by atomic mass is 16.5. The van der Waals surface area contributed by atoms with E-state index in [4.69, 9.17) is 4.74 Å². The number of pyridine rings is 1. The van der Waals surface area contributed by atoms with Gasteiger partial charge in [-0.2, -0.15) is 0 Å². The number of hydrogen-bond acceptors (Lipinski definition) is 4. The molecule has 0 saturated heterocycles. The van der Waals surface area contributed by atoms with Gasteiger partial charge in [0.25, 0.3) is 5.56 Å². The van der Waals surface area contributed by atoms with Gasteiger partial charge in [0.05, 0.1) is 11.6 Å². The molecule has 0 unspecified atom stereocenters. The molecule has 132 valence electrons. The van der Waals surface area contributed by atoms with Crippen LogP contribution in [0.15, 0.2) is 41.5 Å². The van der Waals surface area contributed by atoms with Crippen molar-refractivity contribution in [3.05, 3.63) is 47.0 Å². The van der Waals surface area contributed by atoms with Gasteiger partial charge in [-0.15, -0.1) is 0 Å². The van der Waals surface area contributed by atoms with Gasteiger partial charge in [-0.3, -0.25) is 14.2 Å². The normalized spacial score (nSPS) is 11.5. The highest BCUT2D eigenvalue weighted by molar-refractivity contribution is 5.80. The first-order chi connectivity index (χ1) is 12.1. The van der Waals surface area contributed by atoms with E-state index in [1.165, 1.54) is 4.57 Å². The van der Waals surface area contributed by atoms with E-state index in [2.05, 4.69) is 10.3 Å². The van der Waals surface area contributed by atoms with E-state index in [9.17, 15) is 9.59 Å². The summed E-state index contributed by atoms with van der Waals surface area (Å²) in [6, 6.07) is 7.24. The second-order valence-corrected chi connectivity index (χ2v) is 6.12. The topological polar surface area (TPSA) is 77.6 Å². The Balaban J connectivity index is 1.77. The third-order valence-corrected chi connectivity index (χ3v) is 3.89.